The summed E-state index contributed by atoms with van der Waals surface area (Å²) in [6.07, 6.45) is 0. The van der Waals surface area contributed by atoms with Gasteiger partial charge in [-0.3, -0.25) is 4.79 Å². The Kier molecular flexibility index (Phi) is 3.53. The SMILES string of the molecule is CN(Cc1cccs1)C(=O)c1c(O)cccc1O. The normalized spacial score (nSPS) is 10.3. The average Bonchev–Trinajstić information content (AvgIpc) is 2.81. The van der Waals surface area contributed by atoms with Crippen LogP contribution in [-0.2, 0) is 6.54 Å². The molecule has 2 aromatic rings. The van der Waals surface area contributed by atoms with Crippen LogP contribution in [0.4, 0.5) is 0 Å². The van der Waals surface area contributed by atoms with E-state index >= 15 is 0 Å². The zero-order valence-electron chi connectivity index (χ0n) is 9.83. The van der Waals surface area contributed by atoms with E-state index < -0.39 is 5.91 Å². The number of carbonyl (C=O) groups is 1. The van der Waals surface area contributed by atoms with Crippen molar-refractivity contribution in [2.24, 2.45) is 0 Å². The molecule has 0 bridgehead atoms. The molecule has 0 aliphatic carbocycles. The molecule has 4 nitrogen and oxygen atoms in total. The molecule has 2 rings (SSSR count). The second-order valence-corrected chi connectivity index (χ2v) is 4.94. The van der Waals surface area contributed by atoms with Gasteiger partial charge in [-0.15, -0.1) is 11.3 Å². The molecule has 1 heterocycles. The fraction of sp³-hybridized carbons (Fsp3) is 0.154. The van der Waals surface area contributed by atoms with Crippen LogP contribution in [0, 0.1) is 0 Å². The summed E-state index contributed by atoms with van der Waals surface area (Å²) in [4.78, 5) is 14.6. The number of phenols is 2. The third-order valence-electron chi connectivity index (χ3n) is 2.55. The predicted molar refractivity (Wildman–Crippen MR) is 69.9 cm³/mol. The van der Waals surface area contributed by atoms with E-state index in [0.29, 0.717) is 6.54 Å². The first-order chi connectivity index (χ1) is 8.59. The fourth-order valence-corrected chi connectivity index (χ4v) is 2.40. The Morgan fingerprint density at radius 1 is 1.22 bits per heavy atom. The lowest BCUT2D eigenvalue weighted by atomic mass is 10.1. The number of nitrogens with zero attached hydrogens (tertiary/aromatic N) is 1. The molecule has 0 saturated carbocycles. The number of hydrogen-bond donors (Lipinski definition) is 2. The van der Waals surface area contributed by atoms with E-state index in [9.17, 15) is 15.0 Å². The van der Waals surface area contributed by atoms with Crippen LogP contribution in [-0.4, -0.2) is 28.1 Å². The molecule has 0 saturated heterocycles. The smallest absolute Gasteiger partial charge is 0.261 e. The number of rotatable bonds is 3. The van der Waals surface area contributed by atoms with Gasteiger partial charge in [0.15, 0.2) is 0 Å². The maximum atomic E-state index is 12.1. The zero-order chi connectivity index (χ0) is 13.1. The molecular weight excluding hydrogens is 250 g/mol. The van der Waals surface area contributed by atoms with E-state index in [-0.39, 0.29) is 17.1 Å². The van der Waals surface area contributed by atoms with Gasteiger partial charge >= 0.3 is 0 Å². The van der Waals surface area contributed by atoms with Crippen molar-refractivity contribution in [1.82, 2.24) is 4.90 Å². The number of aromatic hydroxyl groups is 2. The number of hydrogen-bond acceptors (Lipinski definition) is 4. The summed E-state index contributed by atoms with van der Waals surface area (Å²) in [6, 6.07) is 8.09. The van der Waals surface area contributed by atoms with Gasteiger partial charge in [-0.25, -0.2) is 0 Å². The lowest BCUT2D eigenvalue weighted by Crippen LogP contribution is -2.25. The molecule has 1 amide bonds. The Morgan fingerprint density at radius 2 is 1.89 bits per heavy atom. The average molecular weight is 263 g/mol. The van der Waals surface area contributed by atoms with Crippen LogP contribution < -0.4 is 0 Å². The van der Waals surface area contributed by atoms with Gasteiger partial charge in [-0.2, -0.15) is 0 Å². The lowest BCUT2D eigenvalue weighted by Gasteiger charge is -2.17. The monoisotopic (exact) mass is 263 g/mol. The first-order valence-electron chi connectivity index (χ1n) is 5.38. The molecule has 2 N–H and O–H groups in total. The van der Waals surface area contributed by atoms with E-state index in [0.717, 1.165) is 4.88 Å². The molecule has 1 aromatic carbocycles. The first-order valence-corrected chi connectivity index (χ1v) is 6.26. The third-order valence-corrected chi connectivity index (χ3v) is 3.42. The zero-order valence-corrected chi connectivity index (χ0v) is 10.6. The summed E-state index contributed by atoms with van der Waals surface area (Å²) in [5.74, 6) is -0.824. The van der Waals surface area contributed by atoms with Crippen LogP contribution in [0.5, 0.6) is 11.5 Å². The molecule has 0 unspecified atom stereocenters. The van der Waals surface area contributed by atoms with Gasteiger partial charge < -0.3 is 15.1 Å². The van der Waals surface area contributed by atoms with Crippen molar-refractivity contribution in [2.45, 2.75) is 6.54 Å². The summed E-state index contributed by atoms with van der Waals surface area (Å²) in [5.41, 5.74) is -0.0587. The van der Waals surface area contributed by atoms with E-state index in [1.54, 1.807) is 18.4 Å². The fourth-order valence-electron chi connectivity index (χ4n) is 1.65. The van der Waals surface area contributed by atoms with Crippen LogP contribution in [0.25, 0.3) is 0 Å². The van der Waals surface area contributed by atoms with Crippen molar-refractivity contribution in [3.8, 4) is 11.5 Å². The van der Waals surface area contributed by atoms with Crippen molar-refractivity contribution in [2.75, 3.05) is 7.05 Å². The van der Waals surface area contributed by atoms with Crippen molar-refractivity contribution >= 4 is 17.2 Å². The van der Waals surface area contributed by atoms with Gasteiger partial charge in [0.05, 0.1) is 6.54 Å². The maximum absolute atomic E-state index is 12.1. The van der Waals surface area contributed by atoms with Gasteiger partial charge in [-0.05, 0) is 23.6 Å². The molecule has 0 atom stereocenters. The number of phenolic OH excluding ortho intramolecular Hbond substituents is 2. The van der Waals surface area contributed by atoms with Crippen LogP contribution in [0.2, 0.25) is 0 Å². The van der Waals surface area contributed by atoms with E-state index in [4.69, 9.17) is 0 Å². The summed E-state index contributed by atoms with van der Waals surface area (Å²) in [6.45, 7) is 0.449. The third kappa shape index (κ3) is 2.46. The Labute approximate surface area is 109 Å². The Bertz CT molecular complexity index is 531. The molecule has 0 aliphatic heterocycles. The molecular formula is C13H13NO3S. The number of thiophene rings is 1. The molecule has 5 heteroatoms. The van der Waals surface area contributed by atoms with Crippen molar-refractivity contribution < 1.29 is 15.0 Å². The standard InChI is InChI=1S/C13H13NO3S/c1-14(8-9-4-3-7-18-9)13(17)12-10(15)5-2-6-11(12)16/h2-7,15-16H,8H2,1H3. The topological polar surface area (TPSA) is 60.8 Å². The van der Waals surface area contributed by atoms with Crippen molar-refractivity contribution in [1.29, 1.82) is 0 Å². The maximum Gasteiger partial charge on any atom is 0.261 e. The minimum Gasteiger partial charge on any atom is -0.507 e. The van der Waals surface area contributed by atoms with E-state index in [2.05, 4.69) is 0 Å². The molecule has 0 fully saturated rings. The molecule has 0 aliphatic rings. The van der Waals surface area contributed by atoms with Crippen LogP contribution in [0.1, 0.15) is 15.2 Å². The lowest BCUT2D eigenvalue weighted by molar-refractivity contribution is 0.0780. The second-order valence-electron chi connectivity index (χ2n) is 3.91. The quantitative estimate of drug-likeness (QED) is 0.894. The minimum atomic E-state index is -0.404. The summed E-state index contributed by atoms with van der Waals surface area (Å²) >= 11 is 1.55. The number of amides is 1. The van der Waals surface area contributed by atoms with Gasteiger partial charge in [0.2, 0.25) is 0 Å². The molecule has 18 heavy (non-hydrogen) atoms. The highest BCUT2D eigenvalue weighted by Gasteiger charge is 2.20. The summed E-state index contributed by atoms with van der Waals surface area (Å²) in [5, 5.41) is 21.2. The highest BCUT2D eigenvalue weighted by molar-refractivity contribution is 7.09. The highest BCUT2D eigenvalue weighted by atomic mass is 32.1. The Morgan fingerprint density at radius 3 is 2.44 bits per heavy atom. The largest absolute Gasteiger partial charge is 0.507 e. The number of carbonyl (C=O) groups excluding carboxylic acids is 1. The summed E-state index contributed by atoms with van der Waals surface area (Å²) < 4.78 is 0. The highest BCUT2D eigenvalue weighted by Crippen LogP contribution is 2.27. The second kappa shape index (κ2) is 5.10. The van der Waals surface area contributed by atoms with Crippen LogP contribution >= 0.6 is 11.3 Å². The first kappa shape index (κ1) is 12.4. The minimum absolute atomic E-state index is 0.0587. The van der Waals surface area contributed by atoms with Gasteiger partial charge in [0.25, 0.3) is 5.91 Å². The van der Waals surface area contributed by atoms with Crippen molar-refractivity contribution in [3.63, 3.8) is 0 Å². The summed E-state index contributed by atoms with van der Waals surface area (Å²) in [7, 11) is 1.63. The van der Waals surface area contributed by atoms with E-state index in [1.807, 2.05) is 17.5 Å². The van der Waals surface area contributed by atoms with Crippen molar-refractivity contribution in [3.05, 3.63) is 46.2 Å². The van der Waals surface area contributed by atoms with E-state index in [1.165, 1.54) is 23.1 Å². The van der Waals surface area contributed by atoms with Gasteiger partial charge in [0, 0.05) is 11.9 Å². The molecule has 1 aromatic heterocycles. The Balaban J connectivity index is 2.21. The predicted octanol–water partition coefficient (Wildman–Crippen LogP) is 2.43. The molecule has 94 valence electrons. The molecule has 0 spiro atoms. The van der Waals surface area contributed by atoms with Gasteiger partial charge in [-0.1, -0.05) is 12.1 Å². The Hall–Kier alpha value is -2.01. The van der Waals surface area contributed by atoms with Crippen LogP contribution in [0.3, 0.4) is 0 Å². The molecule has 0 radical (unpaired) electrons. The van der Waals surface area contributed by atoms with Gasteiger partial charge in [0.1, 0.15) is 17.1 Å². The number of benzene rings is 1. The van der Waals surface area contributed by atoms with Crippen LogP contribution in [0.15, 0.2) is 35.7 Å².